The zero-order valence-electron chi connectivity index (χ0n) is 18.1. The fourth-order valence-electron chi connectivity index (χ4n) is 3.97. The first-order valence-electron chi connectivity index (χ1n) is 10.6. The Morgan fingerprint density at radius 3 is 2.75 bits per heavy atom. The third-order valence-corrected chi connectivity index (χ3v) is 5.67. The van der Waals surface area contributed by atoms with Gasteiger partial charge in [0, 0.05) is 23.8 Å². The maximum absolute atomic E-state index is 8.08. The van der Waals surface area contributed by atoms with Crippen molar-refractivity contribution in [3.05, 3.63) is 65.8 Å². The minimum Gasteiger partial charge on any atom is -0.373 e. The molecule has 1 aliphatic carbocycles. The van der Waals surface area contributed by atoms with Crippen LogP contribution in [0.4, 0.5) is 0 Å². The number of hydrogen-bond acceptors (Lipinski definition) is 6. The Balaban J connectivity index is 0.000000444. The number of nitrogens with zero attached hydrogens (tertiary/aromatic N) is 4. The number of hydrogen-bond donors (Lipinski definition) is 2. The van der Waals surface area contributed by atoms with Gasteiger partial charge in [-0.3, -0.25) is 4.98 Å². The molecule has 4 aromatic rings. The topological polar surface area (TPSA) is 93.3 Å². The number of rotatable bonds is 4. The van der Waals surface area contributed by atoms with Gasteiger partial charge in [-0.15, -0.1) is 0 Å². The van der Waals surface area contributed by atoms with Gasteiger partial charge in [-0.05, 0) is 56.9 Å². The van der Waals surface area contributed by atoms with Crippen LogP contribution in [0.3, 0.4) is 0 Å². The zero-order chi connectivity index (χ0) is 22.7. The summed E-state index contributed by atoms with van der Waals surface area (Å²) in [6.45, 7) is 3.21. The summed E-state index contributed by atoms with van der Waals surface area (Å²) in [5.41, 5.74) is 3.08. The SMILES string of the molecule is CC(C)(O)O.Clc1ncnc2c1ccn2C1CCC(OCc2ccc3cccnc3c2)C1. The summed E-state index contributed by atoms with van der Waals surface area (Å²) < 4.78 is 8.42. The van der Waals surface area contributed by atoms with Crippen LogP contribution in [0.1, 0.15) is 44.7 Å². The van der Waals surface area contributed by atoms with E-state index in [0.29, 0.717) is 17.8 Å². The lowest BCUT2D eigenvalue weighted by Gasteiger charge is -2.15. The molecule has 1 fully saturated rings. The van der Waals surface area contributed by atoms with Crippen molar-refractivity contribution in [1.29, 1.82) is 0 Å². The van der Waals surface area contributed by atoms with Crippen molar-refractivity contribution in [1.82, 2.24) is 19.5 Å². The third-order valence-electron chi connectivity index (χ3n) is 5.37. The number of halogens is 1. The largest absolute Gasteiger partial charge is 0.373 e. The van der Waals surface area contributed by atoms with E-state index in [1.165, 1.54) is 20.2 Å². The van der Waals surface area contributed by atoms with Gasteiger partial charge < -0.3 is 19.5 Å². The van der Waals surface area contributed by atoms with E-state index in [-0.39, 0.29) is 6.10 Å². The molecule has 0 amide bonds. The predicted octanol–water partition coefficient (Wildman–Crippen LogP) is 4.65. The summed E-state index contributed by atoms with van der Waals surface area (Å²) >= 11 is 6.17. The van der Waals surface area contributed by atoms with Crippen molar-refractivity contribution >= 4 is 33.5 Å². The molecule has 5 rings (SSSR count). The van der Waals surface area contributed by atoms with E-state index in [1.54, 1.807) is 0 Å². The highest BCUT2D eigenvalue weighted by molar-refractivity contribution is 6.33. The first-order chi connectivity index (χ1) is 15.3. The lowest BCUT2D eigenvalue weighted by molar-refractivity contribution is -0.127. The van der Waals surface area contributed by atoms with Gasteiger partial charge >= 0.3 is 0 Å². The van der Waals surface area contributed by atoms with E-state index in [9.17, 15) is 0 Å². The van der Waals surface area contributed by atoms with E-state index in [1.807, 2.05) is 18.3 Å². The van der Waals surface area contributed by atoms with Gasteiger partial charge in [-0.25, -0.2) is 9.97 Å². The Hall–Kier alpha value is -2.58. The molecule has 2 unspecified atom stereocenters. The van der Waals surface area contributed by atoms with Gasteiger partial charge in [-0.1, -0.05) is 29.8 Å². The van der Waals surface area contributed by atoms with Crippen LogP contribution in [0.5, 0.6) is 0 Å². The van der Waals surface area contributed by atoms with Gasteiger partial charge in [0.2, 0.25) is 0 Å². The van der Waals surface area contributed by atoms with Crippen LogP contribution >= 0.6 is 11.6 Å². The number of pyridine rings is 1. The standard InChI is InChI=1S/C21H19ClN4O.C3H8O2/c22-20-18-7-9-26(21(18)25-13-24-20)16-5-6-17(11-16)27-12-14-3-4-15-2-1-8-23-19(15)10-14;1-3(2,4)5/h1-4,7-10,13,16-17H,5-6,11-12H2;4-5H,1-2H3. The van der Waals surface area contributed by atoms with Gasteiger partial charge in [-0.2, -0.15) is 0 Å². The maximum atomic E-state index is 8.08. The smallest absolute Gasteiger partial charge is 0.156 e. The van der Waals surface area contributed by atoms with Crippen molar-refractivity contribution in [2.75, 3.05) is 0 Å². The molecule has 32 heavy (non-hydrogen) atoms. The molecule has 2 atom stereocenters. The molecule has 7 nitrogen and oxygen atoms in total. The Morgan fingerprint density at radius 1 is 1.12 bits per heavy atom. The minimum absolute atomic E-state index is 0.254. The van der Waals surface area contributed by atoms with Gasteiger partial charge in [0.05, 0.1) is 23.6 Å². The fraction of sp³-hybridized carbons (Fsp3) is 0.375. The summed E-state index contributed by atoms with van der Waals surface area (Å²) in [5, 5.41) is 18.7. The summed E-state index contributed by atoms with van der Waals surface area (Å²) in [6, 6.07) is 12.7. The number of benzene rings is 1. The van der Waals surface area contributed by atoms with Crippen LogP contribution in [0.25, 0.3) is 21.9 Å². The van der Waals surface area contributed by atoms with Crippen molar-refractivity contribution in [2.45, 2.75) is 57.6 Å². The Labute approximate surface area is 191 Å². The normalized spacial score (nSPS) is 18.7. The Morgan fingerprint density at radius 2 is 1.94 bits per heavy atom. The van der Waals surface area contributed by atoms with Crippen LogP contribution in [-0.2, 0) is 11.3 Å². The predicted molar refractivity (Wildman–Crippen MR) is 124 cm³/mol. The summed E-state index contributed by atoms with van der Waals surface area (Å²) in [4.78, 5) is 12.9. The summed E-state index contributed by atoms with van der Waals surface area (Å²) in [5.74, 6) is -1.50. The van der Waals surface area contributed by atoms with Crippen molar-refractivity contribution in [3.8, 4) is 0 Å². The summed E-state index contributed by atoms with van der Waals surface area (Å²) in [7, 11) is 0. The van der Waals surface area contributed by atoms with E-state index < -0.39 is 5.79 Å². The average molecular weight is 455 g/mol. The molecule has 0 bridgehead atoms. The van der Waals surface area contributed by atoms with Crippen LogP contribution in [-0.4, -0.2) is 41.6 Å². The molecule has 1 saturated carbocycles. The molecule has 0 radical (unpaired) electrons. The molecular weight excluding hydrogens is 428 g/mol. The molecule has 3 aromatic heterocycles. The molecule has 1 aliphatic rings. The van der Waals surface area contributed by atoms with Crippen LogP contribution in [0.2, 0.25) is 5.15 Å². The molecule has 1 aromatic carbocycles. The number of aromatic nitrogens is 4. The van der Waals surface area contributed by atoms with Crippen molar-refractivity contribution in [2.24, 2.45) is 0 Å². The van der Waals surface area contributed by atoms with Gasteiger partial charge in [0.15, 0.2) is 5.79 Å². The number of aliphatic hydroxyl groups is 2. The van der Waals surface area contributed by atoms with Crippen LogP contribution in [0.15, 0.2) is 55.1 Å². The fourth-order valence-corrected chi connectivity index (χ4v) is 4.16. The second-order valence-electron chi connectivity index (χ2n) is 8.55. The van der Waals surface area contributed by atoms with E-state index in [0.717, 1.165) is 46.8 Å². The second-order valence-corrected chi connectivity index (χ2v) is 8.91. The number of fused-ring (bicyclic) bond motifs is 2. The Kier molecular flexibility index (Phi) is 6.71. The van der Waals surface area contributed by atoms with Crippen molar-refractivity contribution < 1.29 is 14.9 Å². The third kappa shape index (κ3) is 5.61. The van der Waals surface area contributed by atoms with Crippen molar-refractivity contribution in [3.63, 3.8) is 0 Å². The minimum atomic E-state index is -1.50. The molecule has 3 heterocycles. The van der Waals surface area contributed by atoms with Crippen LogP contribution < -0.4 is 0 Å². The maximum Gasteiger partial charge on any atom is 0.156 e. The second kappa shape index (κ2) is 9.50. The van der Waals surface area contributed by atoms with Gasteiger partial charge in [0.1, 0.15) is 17.1 Å². The highest BCUT2D eigenvalue weighted by atomic mass is 35.5. The number of ether oxygens (including phenoxy) is 1. The molecule has 0 spiro atoms. The van der Waals surface area contributed by atoms with E-state index in [2.05, 4.69) is 50.0 Å². The first kappa shape index (κ1) is 22.6. The molecule has 8 heteroatoms. The average Bonchev–Trinajstić information content (AvgIpc) is 3.38. The highest BCUT2D eigenvalue weighted by Gasteiger charge is 2.27. The molecule has 168 valence electrons. The lowest BCUT2D eigenvalue weighted by Crippen LogP contribution is -2.15. The molecule has 0 saturated heterocycles. The first-order valence-corrected chi connectivity index (χ1v) is 11.0. The highest BCUT2D eigenvalue weighted by Crippen LogP contribution is 2.35. The molecular formula is C24H27ClN4O3. The van der Waals surface area contributed by atoms with Gasteiger partial charge in [0.25, 0.3) is 0 Å². The zero-order valence-corrected chi connectivity index (χ0v) is 18.9. The Bertz CT molecular complexity index is 1200. The monoisotopic (exact) mass is 454 g/mol. The molecule has 2 N–H and O–H groups in total. The summed E-state index contributed by atoms with van der Waals surface area (Å²) in [6.07, 6.45) is 8.78. The van der Waals surface area contributed by atoms with E-state index >= 15 is 0 Å². The molecule has 0 aliphatic heterocycles. The quantitative estimate of drug-likeness (QED) is 0.344. The lowest BCUT2D eigenvalue weighted by atomic mass is 10.1. The van der Waals surface area contributed by atoms with E-state index in [4.69, 9.17) is 26.6 Å². The van der Waals surface area contributed by atoms with Crippen LogP contribution in [0, 0.1) is 0 Å².